The zero-order valence-electron chi connectivity index (χ0n) is 10.3. The smallest absolute Gasteiger partial charge is 0.242 e. The molecule has 0 radical (unpaired) electrons. The fraction of sp³-hybridized carbons (Fsp3) is 0.364. The Morgan fingerprint density at radius 2 is 2.15 bits per heavy atom. The van der Waals surface area contributed by atoms with E-state index in [1.807, 2.05) is 0 Å². The predicted molar refractivity (Wildman–Crippen MR) is 79.9 cm³/mol. The van der Waals surface area contributed by atoms with Gasteiger partial charge in [0.25, 0.3) is 0 Å². The van der Waals surface area contributed by atoms with Crippen LogP contribution in [0.3, 0.4) is 0 Å². The first-order valence-corrected chi connectivity index (χ1v) is 8.51. The van der Waals surface area contributed by atoms with Crippen LogP contribution in [0.25, 0.3) is 0 Å². The first kappa shape index (κ1) is 15.6. The van der Waals surface area contributed by atoms with E-state index in [9.17, 15) is 13.2 Å². The van der Waals surface area contributed by atoms with Crippen LogP contribution in [0.1, 0.15) is 12.8 Å². The molecular formula is C11H13BrClN3O3S. The van der Waals surface area contributed by atoms with Crippen molar-refractivity contribution in [3.8, 4) is 0 Å². The van der Waals surface area contributed by atoms with Crippen LogP contribution in [-0.2, 0) is 14.8 Å². The summed E-state index contributed by atoms with van der Waals surface area (Å²) < 4.78 is 27.3. The molecule has 1 aliphatic rings. The van der Waals surface area contributed by atoms with E-state index in [0.717, 1.165) is 6.42 Å². The molecule has 1 amide bonds. The SMILES string of the molecule is Nc1cc(Cl)cc(S(=O)(=O)NC2CCCNC2=O)c1Br. The van der Waals surface area contributed by atoms with Gasteiger partial charge in [0.15, 0.2) is 0 Å². The number of carbonyl (C=O) groups is 1. The Balaban J connectivity index is 2.33. The fourth-order valence-corrected chi connectivity index (χ4v) is 4.44. The topological polar surface area (TPSA) is 101 Å². The number of amides is 1. The van der Waals surface area contributed by atoms with E-state index in [-0.39, 0.29) is 26.0 Å². The van der Waals surface area contributed by atoms with E-state index in [1.54, 1.807) is 0 Å². The molecule has 0 bridgehead atoms. The molecule has 20 heavy (non-hydrogen) atoms. The minimum absolute atomic E-state index is 0.0825. The Hall–Kier alpha value is -0.830. The molecule has 1 heterocycles. The van der Waals surface area contributed by atoms with Gasteiger partial charge in [0.05, 0.1) is 9.37 Å². The molecule has 9 heteroatoms. The van der Waals surface area contributed by atoms with Crippen molar-refractivity contribution in [3.63, 3.8) is 0 Å². The average Bonchev–Trinajstić information content (AvgIpc) is 2.36. The number of hydrogen-bond donors (Lipinski definition) is 3. The molecule has 1 atom stereocenters. The van der Waals surface area contributed by atoms with Crippen LogP contribution in [0.4, 0.5) is 5.69 Å². The summed E-state index contributed by atoms with van der Waals surface area (Å²) in [5.74, 6) is -0.328. The number of benzene rings is 1. The molecule has 2 rings (SSSR count). The van der Waals surface area contributed by atoms with Crippen LogP contribution < -0.4 is 15.8 Å². The van der Waals surface area contributed by atoms with Crippen molar-refractivity contribution in [1.29, 1.82) is 0 Å². The van der Waals surface area contributed by atoms with Gasteiger partial charge >= 0.3 is 0 Å². The van der Waals surface area contributed by atoms with Gasteiger partial charge in [-0.2, -0.15) is 4.72 Å². The summed E-state index contributed by atoms with van der Waals surface area (Å²) in [6, 6.07) is 1.95. The molecule has 6 nitrogen and oxygen atoms in total. The first-order valence-electron chi connectivity index (χ1n) is 5.86. The number of nitrogens with two attached hydrogens (primary N) is 1. The first-order chi connectivity index (χ1) is 9.31. The molecule has 0 saturated carbocycles. The molecule has 0 aromatic heterocycles. The van der Waals surface area contributed by atoms with Gasteiger partial charge in [0, 0.05) is 17.3 Å². The monoisotopic (exact) mass is 381 g/mol. The molecule has 1 saturated heterocycles. The second-order valence-corrected chi connectivity index (χ2v) is 7.33. The highest BCUT2D eigenvalue weighted by Gasteiger charge is 2.29. The number of sulfonamides is 1. The number of nitrogens with one attached hydrogen (secondary N) is 2. The summed E-state index contributed by atoms with van der Waals surface area (Å²) in [7, 11) is -3.89. The summed E-state index contributed by atoms with van der Waals surface area (Å²) in [4.78, 5) is 11.5. The minimum atomic E-state index is -3.89. The molecule has 4 N–H and O–H groups in total. The summed E-state index contributed by atoms with van der Waals surface area (Å²) in [6.45, 7) is 0.560. The third kappa shape index (κ3) is 3.25. The Morgan fingerprint density at radius 1 is 1.45 bits per heavy atom. The van der Waals surface area contributed by atoms with Crippen LogP contribution in [0.2, 0.25) is 5.02 Å². The van der Waals surface area contributed by atoms with Gasteiger partial charge in [0.1, 0.15) is 6.04 Å². The third-order valence-corrected chi connectivity index (χ3v) is 5.77. The predicted octanol–water partition coefficient (Wildman–Crippen LogP) is 1.24. The Labute approximate surface area is 130 Å². The molecule has 1 aromatic rings. The highest BCUT2D eigenvalue weighted by Crippen LogP contribution is 2.31. The highest BCUT2D eigenvalue weighted by molar-refractivity contribution is 9.10. The summed E-state index contributed by atoms with van der Waals surface area (Å²) in [6.07, 6.45) is 1.18. The van der Waals surface area contributed by atoms with Crippen molar-refractivity contribution in [3.05, 3.63) is 21.6 Å². The van der Waals surface area contributed by atoms with E-state index < -0.39 is 16.1 Å². The summed E-state index contributed by atoms with van der Waals surface area (Å²) in [5, 5.41) is 2.82. The van der Waals surface area contributed by atoms with Crippen LogP contribution in [0.15, 0.2) is 21.5 Å². The Kier molecular flexibility index (Phi) is 4.58. The van der Waals surface area contributed by atoms with Gasteiger partial charge in [-0.1, -0.05) is 11.6 Å². The van der Waals surface area contributed by atoms with Crippen molar-refractivity contribution >= 4 is 49.1 Å². The molecular weight excluding hydrogens is 370 g/mol. The van der Waals surface area contributed by atoms with Gasteiger partial charge < -0.3 is 11.1 Å². The molecule has 1 aromatic carbocycles. The summed E-state index contributed by atoms with van der Waals surface area (Å²) >= 11 is 8.95. The third-order valence-electron chi connectivity index (χ3n) is 2.90. The average molecular weight is 383 g/mol. The maximum atomic E-state index is 12.3. The van der Waals surface area contributed by atoms with E-state index in [2.05, 4.69) is 26.0 Å². The Morgan fingerprint density at radius 3 is 2.80 bits per heavy atom. The number of piperidine rings is 1. The fourth-order valence-electron chi connectivity index (χ4n) is 1.92. The molecule has 110 valence electrons. The lowest BCUT2D eigenvalue weighted by Gasteiger charge is -2.23. The largest absolute Gasteiger partial charge is 0.398 e. The Bertz CT molecular complexity index is 651. The molecule has 1 fully saturated rings. The number of hydrogen-bond acceptors (Lipinski definition) is 4. The van der Waals surface area contributed by atoms with Crippen LogP contribution >= 0.6 is 27.5 Å². The van der Waals surface area contributed by atoms with Crippen LogP contribution in [0, 0.1) is 0 Å². The van der Waals surface area contributed by atoms with Crippen LogP contribution in [-0.4, -0.2) is 26.9 Å². The highest BCUT2D eigenvalue weighted by atomic mass is 79.9. The molecule has 0 spiro atoms. The number of rotatable bonds is 3. The van der Waals surface area contributed by atoms with Gasteiger partial charge in [-0.3, -0.25) is 4.79 Å². The van der Waals surface area contributed by atoms with Crippen molar-refractivity contribution < 1.29 is 13.2 Å². The number of anilines is 1. The molecule has 0 aliphatic carbocycles. The lowest BCUT2D eigenvalue weighted by molar-refractivity contribution is -0.124. The zero-order valence-corrected chi connectivity index (χ0v) is 13.5. The van der Waals surface area contributed by atoms with E-state index in [0.29, 0.717) is 13.0 Å². The molecule has 1 aliphatic heterocycles. The van der Waals surface area contributed by atoms with Gasteiger partial charge in [0.2, 0.25) is 15.9 Å². The standard InChI is InChI=1S/C11H13BrClN3O3S/c12-10-7(14)4-6(13)5-9(10)20(18,19)16-8-2-1-3-15-11(8)17/h4-5,8,16H,1-3,14H2,(H,15,17). The number of halogens is 2. The summed E-state index contributed by atoms with van der Waals surface area (Å²) in [5.41, 5.74) is 5.89. The second kappa shape index (κ2) is 5.88. The van der Waals surface area contributed by atoms with Crippen molar-refractivity contribution in [2.75, 3.05) is 12.3 Å². The van der Waals surface area contributed by atoms with Crippen molar-refractivity contribution in [2.45, 2.75) is 23.8 Å². The quantitative estimate of drug-likeness (QED) is 0.685. The van der Waals surface area contributed by atoms with Crippen molar-refractivity contribution in [1.82, 2.24) is 10.0 Å². The van der Waals surface area contributed by atoms with Gasteiger partial charge in [-0.25, -0.2) is 8.42 Å². The van der Waals surface area contributed by atoms with Crippen LogP contribution in [0.5, 0.6) is 0 Å². The maximum Gasteiger partial charge on any atom is 0.242 e. The van der Waals surface area contributed by atoms with E-state index in [4.69, 9.17) is 17.3 Å². The van der Waals surface area contributed by atoms with E-state index in [1.165, 1.54) is 12.1 Å². The lowest BCUT2D eigenvalue weighted by atomic mass is 10.1. The number of carbonyl (C=O) groups excluding carboxylic acids is 1. The zero-order chi connectivity index (χ0) is 14.9. The minimum Gasteiger partial charge on any atom is -0.398 e. The lowest BCUT2D eigenvalue weighted by Crippen LogP contribution is -2.50. The normalized spacial score (nSPS) is 19.7. The second-order valence-electron chi connectivity index (χ2n) is 4.41. The molecule has 1 unspecified atom stereocenters. The van der Waals surface area contributed by atoms with Crippen molar-refractivity contribution in [2.24, 2.45) is 0 Å². The van der Waals surface area contributed by atoms with Gasteiger partial charge in [-0.05, 0) is 40.9 Å². The maximum absolute atomic E-state index is 12.3. The number of nitrogen functional groups attached to an aromatic ring is 1. The van der Waals surface area contributed by atoms with E-state index >= 15 is 0 Å². The van der Waals surface area contributed by atoms with Gasteiger partial charge in [-0.15, -0.1) is 0 Å².